The van der Waals surface area contributed by atoms with E-state index in [1.807, 2.05) is 0 Å². The molecule has 1 heterocycles. The molecule has 2 aliphatic rings. The third-order valence-electron chi connectivity index (χ3n) is 2.60. The first-order valence-electron chi connectivity index (χ1n) is 5.24. The van der Waals surface area contributed by atoms with Gasteiger partial charge in [-0.25, -0.2) is 0 Å². The van der Waals surface area contributed by atoms with Crippen molar-refractivity contribution in [3.05, 3.63) is 11.8 Å². The van der Waals surface area contributed by atoms with Gasteiger partial charge in [0, 0.05) is 6.61 Å². The Hall–Kier alpha value is -0.500. The van der Waals surface area contributed by atoms with Crippen molar-refractivity contribution >= 4 is 0 Å². The van der Waals surface area contributed by atoms with Gasteiger partial charge in [0.25, 0.3) is 0 Å². The van der Waals surface area contributed by atoms with Crippen LogP contribution in [0.3, 0.4) is 0 Å². The molecule has 0 spiro atoms. The van der Waals surface area contributed by atoms with Crippen molar-refractivity contribution < 1.29 is 9.47 Å². The highest BCUT2D eigenvalue weighted by atomic mass is 16.5. The van der Waals surface area contributed by atoms with Crippen LogP contribution in [-0.4, -0.2) is 19.8 Å². The van der Waals surface area contributed by atoms with Crippen LogP contribution in [0, 0.1) is 11.8 Å². The molecule has 1 atom stereocenters. The van der Waals surface area contributed by atoms with E-state index in [2.05, 4.69) is 13.0 Å². The molecule has 1 aliphatic heterocycles. The molecule has 1 fully saturated rings. The number of hydrogen-bond acceptors (Lipinski definition) is 2. The Balaban J connectivity index is 1.62. The summed E-state index contributed by atoms with van der Waals surface area (Å²) in [6.45, 7) is 4.68. The second-order valence-corrected chi connectivity index (χ2v) is 4.28. The largest absolute Gasteiger partial charge is 0.496 e. The molecule has 1 aliphatic carbocycles. The van der Waals surface area contributed by atoms with Crippen molar-refractivity contribution in [2.24, 2.45) is 11.8 Å². The smallest absolute Gasteiger partial charge is 0.118 e. The van der Waals surface area contributed by atoms with E-state index in [1.54, 1.807) is 0 Å². The quantitative estimate of drug-likeness (QED) is 0.664. The zero-order valence-electron chi connectivity index (χ0n) is 8.29. The molecular weight excluding hydrogens is 164 g/mol. The van der Waals surface area contributed by atoms with Crippen LogP contribution in [0.5, 0.6) is 0 Å². The first-order valence-corrected chi connectivity index (χ1v) is 5.24. The Morgan fingerprint density at radius 3 is 3.00 bits per heavy atom. The van der Waals surface area contributed by atoms with Crippen molar-refractivity contribution in [1.82, 2.24) is 0 Å². The van der Waals surface area contributed by atoms with Gasteiger partial charge in [0.2, 0.25) is 0 Å². The van der Waals surface area contributed by atoms with Crippen LogP contribution in [0.25, 0.3) is 0 Å². The molecule has 0 amide bonds. The molecule has 2 nitrogen and oxygen atoms in total. The van der Waals surface area contributed by atoms with Crippen molar-refractivity contribution in [2.45, 2.75) is 26.2 Å². The lowest BCUT2D eigenvalue weighted by Gasteiger charge is -2.19. The van der Waals surface area contributed by atoms with E-state index in [0.29, 0.717) is 12.5 Å². The molecule has 2 rings (SSSR count). The van der Waals surface area contributed by atoms with Crippen LogP contribution in [0.15, 0.2) is 11.8 Å². The van der Waals surface area contributed by atoms with Crippen LogP contribution >= 0.6 is 0 Å². The van der Waals surface area contributed by atoms with E-state index in [9.17, 15) is 0 Å². The fourth-order valence-corrected chi connectivity index (χ4v) is 1.42. The van der Waals surface area contributed by atoms with Gasteiger partial charge in [-0.1, -0.05) is 6.92 Å². The van der Waals surface area contributed by atoms with Crippen molar-refractivity contribution in [1.29, 1.82) is 0 Å². The summed E-state index contributed by atoms with van der Waals surface area (Å²) >= 11 is 0. The molecule has 0 N–H and O–H groups in total. The highest BCUT2D eigenvalue weighted by molar-refractivity contribution is 4.97. The lowest BCUT2D eigenvalue weighted by atomic mass is 10.1. The molecule has 2 heteroatoms. The highest BCUT2D eigenvalue weighted by Crippen LogP contribution is 2.29. The van der Waals surface area contributed by atoms with E-state index in [0.717, 1.165) is 31.3 Å². The van der Waals surface area contributed by atoms with Crippen LogP contribution in [0.1, 0.15) is 26.2 Å². The topological polar surface area (TPSA) is 18.5 Å². The van der Waals surface area contributed by atoms with Gasteiger partial charge in [-0.3, -0.25) is 0 Å². The van der Waals surface area contributed by atoms with Gasteiger partial charge in [-0.2, -0.15) is 0 Å². The fourth-order valence-electron chi connectivity index (χ4n) is 1.42. The Morgan fingerprint density at radius 2 is 2.38 bits per heavy atom. The number of allylic oxidation sites excluding steroid dienone is 1. The van der Waals surface area contributed by atoms with Crippen molar-refractivity contribution in [3.8, 4) is 0 Å². The number of hydrogen-bond donors (Lipinski definition) is 0. The first-order chi connectivity index (χ1) is 6.34. The van der Waals surface area contributed by atoms with E-state index < -0.39 is 0 Å². The third kappa shape index (κ3) is 3.03. The predicted molar refractivity (Wildman–Crippen MR) is 51.4 cm³/mol. The van der Waals surface area contributed by atoms with Crippen LogP contribution in [-0.2, 0) is 9.47 Å². The summed E-state index contributed by atoms with van der Waals surface area (Å²) in [6.07, 6.45) is 6.02. The Morgan fingerprint density at radius 1 is 1.54 bits per heavy atom. The summed E-state index contributed by atoms with van der Waals surface area (Å²) in [7, 11) is 0. The molecule has 0 bridgehead atoms. The second-order valence-electron chi connectivity index (χ2n) is 4.28. The van der Waals surface area contributed by atoms with Crippen molar-refractivity contribution in [2.75, 3.05) is 19.8 Å². The molecule has 0 aromatic carbocycles. The van der Waals surface area contributed by atoms with Gasteiger partial charge >= 0.3 is 0 Å². The first kappa shape index (κ1) is 9.07. The summed E-state index contributed by atoms with van der Waals surface area (Å²) in [4.78, 5) is 0. The lowest BCUT2D eigenvalue weighted by Crippen LogP contribution is -2.14. The molecule has 1 unspecified atom stereocenters. The molecular formula is C11H18O2. The maximum atomic E-state index is 5.54. The Bertz CT molecular complexity index is 194. The molecule has 13 heavy (non-hydrogen) atoms. The van der Waals surface area contributed by atoms with E-state index >= 15 is 0 Å². The molecule has 74 valence electrons. The van der Waals surface area contributed by atoms with Gasteiger partial charge in [0.15, 0.2) is 0 Å². The van der Waals surface area contributed by atoms with E-state index in [1.165, 1.54) is 12.8 Å². The fraction of sp³-hybridized carbons (Fsp3) is 0.818. The van der Waals surface area contributed by atoms with E-state index in [4.69, 9.17) is 9.47 Å². The lowest BCUT2D eigenvalue weighted by molar-refractivity contribution is 0.0724. The Kier molecular flexibility index (Phi) is 2.89. The zero-order valence-corrected chi connectivity index (χ0v) is 8.29. The molecule has 0 radical (unpaired) electrons. The van der Waals surface area contributed by atoms with E-state index in [-0.39, 0.29) is 0 Å². The Labute approximate surface area is 79.9 Å². The summed E-state index contributed by atoms with van der Waals surface area (Å²) in [5, 5.41) is 0. The molecule has 0 aromatic rings. The average Bonchev–Trinajstić information content (AvgIpc) is 2.92. The van der Waals surface area contributed by atoms with Gasteiger partial charge < -0.3 is 9.47 Å². The zero-order chi connectivity index (χ0) is 9.10. The third-order valence-corrected chi connectivity index (χ3v) is 2.60. The molecule has 0 aromatic heterocycles. The monoisotopic (exact) mass is 182 g/mol. The summed E-state index contributed by atoms with van der Waals surface area (Å²) in [5.41, 5.74) is 0. The summed E-state index contributed by atoms with van der Waals surface area (Å²) in [6, 6.07) is 0. The minimum absolute atomic E-state index is 0.673. The normalized spacial score (nSPS) is 28.1. The maximum Gasteiger partial charge on any atom is 0.118 e. The summed E-state index contributed by atoms with van der Waals surface area (Å²) < 4.78 is 11.1. The van der Waals surface area contributed by atoms with Crippen LogP contribution < -0.4 is 0 Å². The van der Waals surface area contributed by atoms with Gasteiger partial charge in [-0.05, 0) is 37.2 Å². The molecule has 0 saturated heterocycles. The second kappa shape index (κ2) is 4.14. The van der Waals surface area contributed by atoms with Gasteiger partial charge in [0.1, 0.15) is 12.4 Å². The van der Waals surface area contributed by atoms with Crippen LogP contribution in [0.2, 0.25) is 0 Å². The minimum atomic E-state index is 0.673. The number of rotatable bonds is 4. The summed E-state index contributed by atoms with van der Waals surface area (Å²) in [5.74, 6) is 2.56. The van der Waals surface area contributed by atoms with Gasteiger partial charge in [-0.15, -0.1) is 0 Å². The average molecular weight is 182 g/mol. The molecule has 1 saturated carbocycles. The highest BCUT2D eigenvalue weighted by Gasteiger charge is 2.21. The predicted octanol–water partition coefficient (Wildman–Crippen LogP) is 2.35. The SMILES string of the molecule is CC1CC=C(COCC2CC2)OC1. The van der Waals surface area contributed by atoms with Gasteiger partial charge in [0.05, 0.1) is 6.61 Å². The standard InChI is InChI=1S/C11H18O2/c1-9-2-5-11(13-6-9)8-12-7-10-3-4-10/h5,9-10H,2-4,6-8H2,1H3. The minimum Gasteiger partial charge on any atom is -0.496 e. The van der Waals surface area contributed by atoms with Crippen molar-refractivity contribution in [3.63, 3.8) is 0 Å². The van der Waals surface area contributed by atoms with Crippen LogP contribution in [0.4, 0.5) is 0 Å². The maximum absolute atomic E-state index is 5.54. The number of ether oxygens (including phenoxy) is 2.